The van der Waals surface area contributed by atoms with Crippen molar-refractivity contribution < 1.29 is 14.6 Å². The Hall–Kier alpha value is -1.06. The van der Waals surface area contributed by atoms with Gasteiger partial charge in [-0.05, 0) is 37.0 Å². The molecule has 2 rings (SSSR count). The van der Waals surface area contributed by atoms with Crippen molar-refractivity contribution >= 4 is 0 Å². The van der Waals surface area contributed by atoms with Crippen LogP contribution in [0.2, 0.25) is 0 Å². The topological polar surface area (TPSA) is 38.7 Å². The molecular weight excluding hydrogens is 228 g/mol. The number of hydrogen-bond donors (Lipinski definition) is 1. The van der Waals surface area contributed by atoms with Gasteiger partial charge in [-0.15, -0.1) is 0 Å². The Morgan fingerprint density at radius 1 is 1.44 bits per heavy atom. The third kappa shape index (κ3) is 3.72. The molecule has 1 aliphatic heterocycles. The van der Waals surface area contributed by atoms with Gasteiger partial charge >= 0.3 is 0 Å². The van der Waals surface area contributed by atoms with Crippen LogP contribution in [0.25, 0.3) is 0 Å². The molecule has 1 saturated heterocycles. The highest BCUT2D eigenvalue weighted by Gasteiger charge is 2.15. The average Bonchev–Trinajstić information content (AvgIpc) is 2.40. The summed E-state index contributed by atoms with van der Waals surface area (Å²) in [5.41, 5.74) is 0.921. The van der Waals surface area contributed by atoms with E-state index in [9.17, 15) is 5.11 Å². The number of ether oxygens (including phenoxy) is 2. The Balaban J connectivity index is 1.97. The number of rotatable bonds is 5. The van der Waals surface area contributed by atoms with Gasteiger partial charge in [0.1, 0.15) is 5.75 Å². The first-order valence-corrected chi connectivity index (χ1v) is 6.86. The molecule has 0 radical (unpaired) electrons. The molecule has 0 amide bonds. The predicted molar refractivity (Wildman–Crippen MR) is 70.5 cm³/mol. The van der Waals surface area contributed by atoms with Gasteiger partial charge in [0.25, 0.3) is 0 Å². The Kier molecular flexibility index (Phi) is 5.02. The zero-order valence-electron chi connectivity index (χ0n) is 11.0. The Bertz CT molecular complexity index is 359. The van der Waals surface area contributed by atoms with E-state index >= 15 is 0 Å². The maximum Gasteiger partial charge on any atom is 0.199 e. The van der Waals surface area contributed by atoms with Crippen LogP contribution < -0.4 is 4.74 Å². The van der Waals surface area contributed by atoms with E-state index in [4.69, 9.17) is 9.47 Å². The molecule has 18 heavy (non-hydrogen) atoms. The van der Waals surface area contributed by atoms with Crippen LogP contribution in [0, 0.1) is 0 Å². The summed E-state index contributed by atoms with van der Waals surface area (Å²) < 4.78 is 11.3. The number of benzene rings is 1. The molecule has 1 N–H and O–H groups in total. The second-order valence-electron chi connectivity index (χ2n) is 4.79. The van der Waals surface area contributed by atoms with Gasteiger partial charge in [-0.25, -0.2) is 0 Å². The second-order valence-corrected chi connectivity index (χ2v) is 4.79. The molecule has 100 valence electrons. The molecule has 0 aliphatic carbocycles. The molecule has 1 heterocycles. The molecule has 3 nitrogen and oxygen atoms in total. The van der Waals surface area contributed by atoms with Crippen LogP contribution in [0.5, 0.6) is 5.75 Å². The van der Waals surface area contributed by atoms with E-state index in [-0.39, 0.29) is 6.29 Å². The molecule has 1 aromatic carbocycles. The lowest BCUT2D eigenvalue weighted by atomic mass is 10.1. The zero-order chi connectivity index (χ0) is 12.8. The molecule has 0 aromatic heterocycles. The first-order valence-electron chi connectivity index (χ1n) is 6.86. The van der Waals surface area contributed by atoms with Gasteiger partial charge in [0.2, 0.25) is 0 Å². The van der Waals surface area contributed by atoms with Gasteiger partial charge in [0.15, 0.2) is 6.29 Å². The zero-order valence-corrected chi connectivity index (χ0v) is 11.0. The summed E-state index contributed by atoms with van der Waals surface area (Å²) in [6, 6.07) is 7.69. The second kappa shape index (κ2) is 6.76. The van der Waals surface area contributed by atoms with E-state index in [1.807, 2.05) is 24.3 Å². The monoisotopic (exact) mass is 250 g/mol. The summed E-state index contributed by atoms with van der Waals surface area (Å²) in [5, 5.41) is 9.96. The third-order valence-corrected chi connectivity index (χ3v) is 3.21. The SMILES string of the molecule is CCCC(O)c1cccc(OC2CCCCO2)c1. The Morgan fingerprint density at radius 3 is 3.06 bits per heavy atom. The minimum absolute atomic E-state index is 0.127. The fraction of sp³-hybridized carbons (Fsp3) is 0.600. The minimum Gasteiger partial charge on any atom is -0.465 e. The Labute approximate surface area is 109 Å². The smallest absolute Gasteiger partial charge is 0.199 e. The summed E-state index contributed by atoms with van der Waals surface area (Å²) in [7, 11) is 0. The Morgan fingerprint density at radius 2 is 2.33 bits per heavy atom. The van der Waals surface area contributed by atoms with Gasteiger partial charge in [-0.3, -0.25) is 0 Å². The highest BCUT2D eigenvalue weighted by Crippen LogP contribution is 2.24. The lowest BCUT2D eigenvalue weighted by Crippen LogP contribution is -2.25. The van der Waals surface area contributed by atoms with Crippen molar-refractivity contribution in [3.05, 3.63) is 29.8 Å². The van der Waals surface area contributed by atoms with E-state index in [2.05, 4.69) is 6.92 Å². The molecule has 3 heteroatoms. The van der Waals surface area contributed by atoms with Crippen LogP contribution in [-0.4, -0.2) is 18.0 Å². The highest BCUT2D eigenvalue weighted by molar-refractivity contribution is 5.30. The quantitative estimate of drug-likeness (QED) is 0.870. The van der Waals surface area contributed by atoms with Crippen molar-refractivity contribution in [1.82, 2.24) is 0 Å². The summed E-state index contributed by atoms with van der Waals surface area (Å²) in [6.45, 7) is 2.85. The van der Waals surface area contributed by atoms with Gasteiger partial charge < -0.3 is 14.6 Å². The highest BCUT2D eigenvalue weighted by atomic mass is 16.7. The molecule has 2 atom stereocenters. The van der Waals surface area contributed by atoms with Crippen molar-refractivity contribution in [3.63, 3.8) is 0 Å². The molecule has 0 saturated carbocycles. The average molecular weight is 250 g/mol. The normalized spacial score (nSPS) is 21.6. The number of hydrogen-bond acceptors (Lipinski definition) is 3. The largest absolute Gasteiger partial charge is 0.465 e. The van der Waals surface area contributed by atoms with E-state index < -0.39 is 6.10 Å². The summed E-state index contributed by atoms with van der Waals surface area (Å²) in [5.74, 6) is 0.787. The standard InChI is InChI=1S/C15H22O3/c1-2-6-14(16)12-7-5-8-13(11-12)18-15-9-3-4-10-17-15/h5,7-8,11,14-16H,2-4,6,9-10H2,1H3. The van der Waals surface area contributed by atoms with E-state index in [0.717, 1.165) is 50.0 Å². The van der Waals surface area contributed by atoms with Gasteiger partial charge in [0, 0.05) is 6.42 Å². The first kappa shape index (κ1) is 13.4. The lowest BCUT2D eigenvalue weighted by molar-refractivity contribution is -0.105. The summed E-state index contributed by atoms with van der Waals surface area (Å²) in [4.78, 5) is 0. The van der Waals surface area contributed by atoms with E-state index in [0.29, 0.717) is 0 Å². The van der Waals surface area contributed by atoms with Crippen LogP contribution in [0.15, 0.2) is 24.3 Å². The summed E-state index contributed by atoms with van der Waals surface area (Å²) >= 11 is 0. The van der Waals surface area contributed by atoms with Crippen molar-refractivity contribution in [1.29, 1.82) is 0 Å². The van der Waals surface area contributed by atoms with Crippen LogP contribution in [0.3, 0.4) is 0 Å². The molecular formula is C15H22O3. The van der Waals surface area contributed by atoms with Crippen molar-refractivity contribution in [3.8, 4) is 5.75 Å². The maximum atomic E-state index is 9.96. The van der Waals surface area contributed by atoms with E-state index in [1.165, 1.54) is 0 Å². The van der Waals surface area contributed by atoms with Crippen LogP contribution in [0.1, 0.15) is 50.7 Å². The predicted octanol–water partition coefficient (Wildman–Crippen LogP) is 3.43. The molecule has 0 bridgehead atoms. The number of aliphatic hydroxyl groups excluding tert-OH is 1. The van der Waals surface area contributed by atoms with Crippen LogP contribution in [0.4, 0.5) is 0 Å². The van der Waals surface area contributed by atoms with Crippen molar-refractivity contribution in [2.45, 2.75) is 51.4 Å². The lowest BCUT2D eigenvalue weighted by Gasteiger charge is -2.23. The van der Waals surface area contributed by atoms with Crippen LogP contribution >= 0.6 is 0 Å². The third-order valence-electron chi connectivity index (χ3n) is 3.21. The minimum atomic E-state index is -0.397. The fourth-order valence-corrected chi connectivity index (χ4v) is 2.19. The summed E-state index contributed by atoms with van der Waals surface area (Å²) in [6.07, 6.45) is 4.45. The van der Waals surface area contributed by atoms with Crippen molar-refractivity contribution in [2.75, 3.05) is 6.61 Å². The van der Waals surface area contributed by atoms with Gasteiger partial charge in [0.05, 0.1) is 12.7 Å². The fourth-order valence-electron chi connectivity index (χ4n) is 2.19. The van der Waals surface area contributed by atoms with E-state index in [1.54, 1.807) is 0 Å². The molecule has 0 spiro atoms. The van der Waals surface area contributed by atoms with Gasteiger partial charge in [-0.1, -0.05) is 25.5 Å². The van der Waals surface area contributed by atoms with Gasteiger partial charge in [-0.2, -0.15) is 0 Å². The maximum absolute atomic E-state index is 9.96. The number of aliphatic hydroxyl groups is 1. The molecule has 1 fully saturated rings. The van der Waals surface area contributed by atoms with Crippen molar-refractivity contribution in [2.24, 2.45) is 0 Å². The molecule has 2 unspecified atom stereocenters. The molecule has 1 aliphatic rings. The molecule has 1 aromatic rings. The van der Waals surface area contributed by atoms with Crippen LogP contribution in [-0.2, 0) is 4.74 Å². The first-order chi connectivity index (χ1) is 8.79.